The number of rotatable bonds is 13. The summed E-state index contributed by atoms with van der Waals surface area (Å²) in [5.74, 6) is 4.59. The van der Waals surface area contributed by atoms with Gasteiger partial charge in [0.2, 0.25) is 0 Å². The largest absolute Gasteiger partial charge is 0.0654 e. The minimum Gasteiger partial charge on any atom is -0.0654 e. The maximum Gasteiger partial charge on any atom is -0.0383 e. The molecule has 0 amide bonds. The van der Waals surface area contributed by atoms with Crippen molar-refractivity contribution in [3.8, 4) is 0 Å². The Morgan fingerprint density at radius 2 is 1.19 bits per heavy atom. The maximum atomic E-state index is 2.46. The number of hydrogen-bond acceptors (Lipinski definition) is 0. The highest BCUT2D eigenvalue weighted by Gasteiger charge is 2.23. The van der Waals surface area contributed by atoms with Gasteiger partial charge in [-0.15, -0.1) is 0 Å². The van der Waals surface area contributed by atoms with Crippen molar-refractivity contribution in [2.24, 2.45) is 29.6 Å². The first-order valence-corrected chi connectivity index (χ1v) is 9.90. The van der Waals surface area contributed by atoms with E-state index in [4.69, 9.17) is 0 Å². The third-order valence-corrected chi connectivity index (χ3v) is 5.13. The summed E-state index contributed by atoms with van der Waals surface area (Å²) in [4.78, 5) is 0. The fourth-order valence-corrected chi connectivity index (χ4v) is 3.64. The molecule has 0 aromatic heterocycles. The Kier molecular flexibility index (Phi) is 12.5. The third kappa shape index (κ3) is 11.2. The number of hydrogen-bond donors (Lipinski definition) is 0. The molecule has 0 fully saturated rings. The lowest BCUT2D eigenvalue weighted by Gasteiger charge is -2.31. The van der Waals surface area contributed by atoms with Gasteiger partial charge in [-0.25, -0.2) is 0 Å². The van der Waals surface area contributed by atoms with Crippen molar-refractivity contribution in [3.63, 3.8) is 0 Å². The van der Waals surface area contributed by atoms with E-state index in [1.807, 2.05) is 0 Å². The molecule has 0 rings (SSSR count). The Bertz CT molecular complexity index is 216. The van der Waals surface area contributed by atoms with E-state index >= 15 is 0 Å². The molecule has 0 aliphatic carbocycles. The van der Waals surface area contributed by atoms with E-state index in [0.29, 0.717) is 0 Å². The molecule has 0 nitrogen and oxygen atoms in total. The quantitative estimate of drug-likeness (QED) is 0.326. The van der Waals surface area contributed by atoms with Crippen LogP contribution in [0.5, 0.6) is 0 Å². The van der Waals surface area contributed by atoms with Gasteiger partial charge in [0.15, 0.2) is 0 Å². The van der Waals surface area contributed by atoms with Crippen molar-refractivity contribution in [3.05, 3.63) is 0 Å². The van der Waals surface area contributed by atoms with Crippen molar-refractivity contribution in [2.75, 3.05) is 0 Å². The van der Waals surface area contributed by atoms with Crippen LogP contribution in [-0.2, 0) is 0 Å². The van der Waals surface area contributed by atoms with Crippen molar-refractivity contribution in [2.45, 2.75) is 106 Å². The molecule has 0 aromatic carbocycles. The van der Waals surface area contributed by atoms with Gasteiger partial charge < -0.3 is 0 Å². The van der Waals surface area contributed by atoms with Crippen LogP contribution in [0, 0.1) is 29.6 Å². The van der Waals surface area contributed by atoms with Crippen molar-refractivity contribution >= 4 is 0 Å². The van der Waals surface area contributed by atoms with E-state index in [-0.39, 0.29) is 0 Å². The van der Waals surface area contributed by atoms with E-state index in [1.54, 1.807) is 0 Å². The van der Waals surface area contributed by atoms with Crippen LogP contribution in [0.1, 0.15) is 106 Å². The van der Waals surface area contributed by atoms with Crippen LogP contribution in [-0.4, -0.2) is 0 Å². The molecule has 0 spiro atoms. The predicted octanol–water partition coefficient (Wildman–Crippen LogP) is 7.72. The smallest absolute Gasteiger partial charge is 0.0383 e. The molecule has 21 heavy (non-hydrogen) atoms. The van der Waals surface area contributed by atoms with Gasteiger partial charge in [-0.05, 0) is 42.4 Å². The first-order valence-electron chi connectivity index (χ1n) is 9.90. The second-order valence-electron chi connectivity index (χ2n) is 8.37. The van der Waals surface area contributed by atoms with E-state index in [9.17, 15) is 0 Å². The molecule has 0 saturated carbocycles. The zero-order valence-electron chi connectivity index (χ0n) is 16.3. The maximum absolute atomic E-state index is 2.46. The highest BCUT2D eigenvalue weighted by Crippen LogP contribution is 2.35. The summed E-state index contributed by atoms with van der Waals surface area (Å²) in [6.45, 7) is 16.7. The SMILES string of the molecule is CCCCC(CC(C)CC)C(CCCC(C)C)CC(C)C. The van der Waals surface area contributed by atoms with Gasteiger partial charge in [0.05, 0.1) is 0 Å². The van der Waals surface area contributed by atoms with E-state index in [0.717, 1.165) is 29.6 Å². The Labute approximate surface area is 136 Å². The molecule has 0 N–H and O–H groups in total. The van der Waals surface area contributed by atoms with Gasteiger partial charge in [-0.3, -0.25) is 0 Å². The summed E-state index contributed by atoms with van der Waals surface area (Å²) in [5, 5.41) is 0. The van der Waals surface area contributed by atoms with Crippen LogP contribution in [0.2, 0.25) is 0 Å². The molecule has 0 bridgehead atoms. The van der Waals surface area contributed by atoms with Crippen molar-refractivity contribution in [1.82, 2.24) is 0 Å². The Morgan fingerprint density at radius 3 is 1.67 bits per heavy atom. The highest BCUT2D eigenvalue weighted by molar-refractivity contribution is 4.74. The molecule has 0 aromatic rings. The average Bonchev–Trinajstić information content (AvgIpc) is 2.41. The van der Waals surface area contributed by atoms with Gasteiger partial charge in [-0.2, -0.15) is 0 Å². The fourth-order valence-electron chi connectivity index (χ4n) is 3.64. The van der Waals surface area contributed by atoms with E-state index in [2.05, 4.69) is 48.5 Å². The molecule has 3 unspecified atom stereocenters. The van der Waals surface area contributed by atoms with Gasteiger partial charge in [0.25, 0.3) is 0 Å². The zero-order valence-corrected chi connectivity index (χ0v) is 16.3. The first-order chi connectivity index (χ1) is 9.90. The molecule has 0 heteroatoms. The van der Waals surface area contributed by atoms with Crippen LogP contribution in [0.4, 0.5) is 0 Å². The molecule has 3 atom stereocenters. The monoisotopic (exact) mass is 296 g/mol. The van der Waals surface area contributed by atoms with Crippen LogP contribution < -0.4 is 0 Å². The lowest BCUT2D eigenvalue weighted by Crippen LogP contribution is -2.20. The predicted molar refractivity (Wildman–Crippen MR) is 98.7 cm³/mol. The Hall–Kier alpha value is 0. The molecular formula is C21H44. The minimum atomic E-state index is 0.857. The van der Waals surface area contributed by atoms with Crippen LogP contribution in [0.25, 0.3) is 0 Å². The normalized spacial score (nSPS) is 16.4. The summed E-state index contributed by atoms with van der Waals surface area (Å²) in [6.07, 6.45) is 12.9. The minimum absolute atomic E-state index is 0.857. The van der Waals surface area contributed by atoms with Gasteiger partial charge in [-0.1, -0.05) is 93.4 Å². The van der Waals surface area contributed by atoms with Gasteiger partial charge in [0, 0.05) is 0 Å². The molecule has 128 valence electrons. The van der Waals surface area contributed by atoms with E-state index < -0.39 is 0 Å². The number of unbranched alkanes of at least 4 members (excludes halogenated alkanes) is 1. The highest BCUT2D eigenvalue weighted by atomic mass is 14.3. The van der Waals surface area contributed by atoms with Gasteiger partial charge >= 0.3 is 0 Å². The fraction of sp³-hybridized carbons (Fsp3) is 1.00. The summed E-state index contributed by atoms with van der Waals surface area (Å²) in [5.41, 5.74) is 0. The molecule has 0 aliphatic heterocycles. The Morgan fingerprint density at radius 1 is 0.619 bits per heavy atom. The van der Waals surface area contributed by atoms with Crippen molar-refractivity contribution < 1.29 is 0 Å². The lowest BCUT2D eigenvalue weighted by atomic mass is 9.75. The van der Waals surface area contributed by atoms with Crippen LogP contribution in [0.3, 0.4) is 0 Å². The second kappa shape index (κ2) is 12.5. The second-order valence-corrected chi connectivity index (χ2v) is 8.37. The van der Waals surface area contributed by atoms with Crippen LogP contribution >= 0.6 is 0 Å². The van der Waals surface area contributed by atoms with E-state index in [1.165, 1.54) is 57.8 Å². The zero-order chi connectivity index (χ0) is 16.3. The summed E-state index contributed by atoms with van der Waals surface area (Å²) in [7, 11) is 0. The first kappa shape index (κ1) is 21.0. The molecular weight excluding hydrogens is 252 g/mol. The summed E-state index contributed by atoms with van der Waals surface area (Å²) in [6, 6.07) is 0. The third-order valence-electron chi connectivity index (χ3n) is 5.13. The summed E-state index contributed by atoms with van der Waals surface area (Å²) >= 11 is 0. The molecule has 0 radical (unpaired) electrons. The molecule has 0 aliphatic rings. The lowest BCUT2D eigenvalue weighted by molar-refractivity contribution is 0.202. The standard InChI is InChI=1S/C21H44/c1-8-10-13-21(16-19(7)9-2)20(15-18(5)6)14-11-12-17(3)4/h17-21H,8-16H2,1-7H3. The summed E-state index contributed by atoms with van der Waals surface area (Å²) < 4.78 is 0. The topological polar surface area (TPSA) is 0 Å². The van der Waals surface area contributed by atoms with Crippen LogP contribution in [0.15, 0.2) is 0 Å². The molecule has 0 saturated heterocycles. The van der Waals surface area contributed by atoms with Crippen molar-refractivity contribution in [1.29, 1.82) is 0 Å². The molecule has 0 heterocycles. The van der Waals surface area contributed by atoms with Gasteiger partial charge in [0.1, 0.15) is 0 Å². The average molecular weight is 297 g/mol. The Balaban J connectivity index is 4.62.